The van der Waals surface area contributed by atoms with E-state index in [0.717, 1.165) is 24.8 Å². The number of piperidine rings is 2. The maximum atomic E-state index is 14.6. The van der Waals surface area contributed by atoms with Gasteiger partial charge in [0.1, 0.15) is 0 Å². The molecular formula is C21H23F2N3O3. The number of nitrogens with one attached hydrogen (secondary N) is 2. The number of rotatable bonds is 4. The first kappa shape index (κ1) is 18.8. The SMILES string of the molecule is O=CC(=O)C1CCC(N2Cc3c(C4CC5CC(C4)N5)cc(F)c(F)c3C2=O)CN1. The maximum Gasteiger partial charge on any atom is 0.257 e. The molecule has 4 fully saturated rings. The summed E-state index contributed by atoms with van der Waals surface area (Å²) in [5, 5.41) is 6.46. The molecule has 5 aliphatic rings. The number of carbonyl (C=O) groups is 3. The molecule has 0 radical (unpaired) electrons. The molecule has 4 aliphatic heterocycles. The Hall–Kier alpha value is -2.19. The highest BCUT2D eigenvalue weighted by Crippen LogP contribution is 2.43. The van der Waals surface area contributed by atoms with Gasteiger partial charge in [-0.3, -0.25) is 14.4 Å². The van der Waals surface area contributed by atoms with Gasteiger partial charge in [-0.2, -0.15) is 0 Å². The van der Waals surface area contributed by atoms with E-state index in [2.05, 4.69) is 10.6 Å². The number of benzene rings is 1. The maximum absolute atomic E-state index is 14.6. The second-order valence-electron chi connectivity index (χ2n) is 8.72. The predicted octanol–water partition coefficient (Wildman–Crippen LogP) is 1.42. The summed E-state index contributed by atoms with van der Waals surface area (Å²) in [7, 11) is 0. The Morgan fingerprint density at radius 2 is 1.90 bits per heavy atom. The number of amides is 1. The summed E-state index contributed by atoms with van der Waals surface area (Å²) in [6.45, 7) is 0.611. The van der Waals surface area contributed by atoms with E-state index < -0.39 is 29.4 Å². The van der Waals surface area contributed by atoms with Crippen LogP contribution in [0.5, 0.6) is 0 Å². The molecule has 0 spiro atoms. The first-order chi connectivity index (χ1) is 14.0. The Bertz CT molecular complexity index is 882. The third kappa shape index (κ3) is 3.00. The molecule has 154 valence electrons. The summed E-state index contributed by atoms with van der Waals surface area (Å²) in [6.07, 6.45) is 4.16. The molecule has 2 bridgehead atoms. The Labute approximate surface area is 167 Å². The van der Waals surface area contributed by atoms with E-state index in [4.69, 9.17) is 0 Å². The van der Waals surface area contributed by atoms with Crippen LogP contribution in [0.1, 0.15) is 59.5 Å². The molecule has 1 amide bonds. The molecule has 4 atom stereocenters. The number of hydrogen-bond donors (Lipinski definition) is 2. The van der Waals surface area contributed by atoms with E-state index in [0.29, 0.717) is 43.3 Å². The van der Waals surface area contributed by atoms with Gasteiger partial charge in [0.05, 0.1) is 11.6 Å². The molecule has 3 saturated heterocycles. The van der Waals surface area contributed by atoms with Crippen molar-refractivity contribution >= 4 is 18.0 Å². The van der Waals surface area contributed by atoms with Gasteiger partial charge in [0.25, 0.3) is 5.91 Å². The number of nitrogens with zero attached hydrogens (tertiary/aromatic N) is 1. The average molecular weight is 403 g/mol. The van der Waals surface area contributed by atoms with E-state index in [-0.39, 0.29) is 24.1 Å². The minimum absolute atomic E-state index is 0.127. The lowest BCUT2D eigenvalue weighted by Gasteiger charge is -2.47. The summed E-state index contributed by atoms with van der Waals surface area (Å²) in [6, 6.07) is 1.38. The van der Waals surface area contributed by atoms with Gasteiger partial charge >= 0.3 is 0 Å². The van der Waals surface area contributed by atoms with Crippen LogP contribution in [-0.4, -0.2) is 53.6 Å². The molecule has 2 N–H and O–H groups in total. The Morgan fingerprint density at radius 1 is 1.17 bits per heavy atom. The average Bonchev–Trinajstić information content (AvgIpc) is 3.07. The van der Waals surface area contributed by atoms with Crippen LogP contribution in [0.15, 0.2) is 6.07 Å². The van der Waals surface area contributed by atoms with Gasteiger partial charge < -0.3 is 15.5 Å². The summed E-state index contributed by atoms with van der Waals surface area (Å²) in [4.78, 5) is 36.8. The van der Waals surface area contributed by atoms with Crippen LogP contribution in [0, 0.1) is 11.6 Å². The Morgan fingerprint density at radius 3 is 2.52 bits per heavy atom. The topological polar surface area (TPSA) is 78.5 Å². The highest BCUT2D eigenvalue weighted by molar-refractivity contribution is 6.27. The smallest absolute Gasteiger partial charge is 0.257 e. The molecule has 8 heteroatoms. The summed E-state index contributed by atoms with van der Waals surface area (Å²) in [5.74, 6) is -2.87. The zero-order valence-corrected chi connectivity index (χ0v) is 15.9. The highest BCUT2D eigenvalue weighted by atomic mass is 19.2. The van der Waals surface area contributed by atoms with Gasteiger partial charge in [-0.1, -0.05) is 0 Å². The molecule has 0 aromatic heterocycles. The lowest BCUT2D eigenvalue weighted by Crippen LogP contribution is -2.57. The van der Waals surface area contributed by atoms with Gasteiger partial charge in [0.15, 0.2) is 17.9 Å². The van der Waals surface area contributed by atoms with E-state index in [1.54, 1.807) is 4.90 Å². The normalized spacial score (nSPS) is 33.2. The number of Topliss-reactive ketones (excluding diaryl/α,β-unsaturated/α-hetero) is 1. The molecule has 6 nitrogen and oxygen atoms in total. The van der Waals surface area contributed by atoms with Crippen LogP contribution in [0.25, 0.3) is 0 Å². The number of ketones is 1. The molecule has 1 aliphatic carbocycles. The molecule has 4 unspecified atom stereocenters. The van der Waals surface area contributed by atoms with Gasteiger partial charge in [0.2, 0.25) is 5.78 Å². The number of fused-ring (bicyclic) bond motifs is 3. The van der Waals surface area contributed by atoms with Crippen molar-refractivity contribution < 1.29 is 23.2 Å². The molecule has 4 heterocycles. The number of hydrogen-bond acceptors (Lipinski definition) is 5. The third-order valence-electron chi connectivity index (χ3n) is 7.07. The molecule has 29 heavy (non-hydrogen) atoms. The Kier molecular flexibility index (Phi) is 4.51. The third-order valence-corrected chi connectivity index (χ3v) is 7.07. The van der Waals surface area contributed by atoms with Crippen molar-refractivity contribution in [2.24, 2.45) is 0 Å². The van der Waals surface area contributed by atoms with Crippen molar-refractivity contribution in [3.8, 4) is 0 Å². The van der Waals surface area contributed by atoms with Crippen molar-refractivity contribution in [3.63, 3.8) is 0 Å². The number of aldehydes is 1. The summed E-state index contributed by atoms with van der Waals surface area (Å²) < 4.78 is 29.0. The molecule has 1 aromatic carbocycles. The van der Waals surface area contributed by atoms with Gasteiger partial charge in [-0.05, 0) is 55.2 Å². The first-order valence-electron chi connectivity index (χ1n) is 10.3. The quantitative estimate of drug-likeness (QED) is 0.587. The van der Waals surface area contributed by atoms with Gasteiger partial charge in [0, 0.05) is 31.2 Å². The first-order valence-corrected chi connectivity index (χ1v) is 10.3. The van der Waals surface area contributed by atoms with Gasteiger partial charge in [-0.25, -0.2) is 8.78 Å². The lowest BCUT2D eigenvalue weighted by molar-refractivity contribution is -0.131. The second-order valence-corrected chi connectivity index (χ2v) is 8.72. The van der Waals surface area contributed by atoms with Crippen LogP contribution in [-0.2, 0) is 16.1 Å². The lowest BCUT2D eigenvalue weighted by atomic mass is 9.72. The standard InChI is InChI=1S/C21H23F2N3O3/c22-16-6-14(10-3-11-5-12(4-10)25-11)15-8-26(21(29)19(15)20(16)23)13-1-2-17(24-7-13)18(28)9-27/h6,9-13,17,24-25H,1-5,7-8H2. The van der Waals surface area contributed by atoms with Crippen molar-refractivity contribution in [1.29, 1.82) is 0 Å². The minimum atomic E-state index is -1.06. The minimum Gasteiger partial charge on any atom is -0.330 e. The number of carbonyl (C=O) groups excluding carboxylic acids is 3. The van der Waals surface area contributed by atoms with Crippen LogP contribution >= 0.6 is 0 Å². The number of halogens is 2. The molecule has 1 saturated carbocycles. The summed E-state index contributed by atoms with van der Waals surface area (Å²) >= 11 is 0. The van der Waals surface area contributed by atoms with Crippen molar-refractivity contribution in [2.75, 3.05) is 6.54 Å². The fraction of sp³-hybridized carbons (Fsp3) is 0.571. The zero-order chi connectivity index (χ0) is 20.3. The predicted molar refractivity (Wildman–Crippen MR) is 99.4 cm³/mol. The van der Waals surface area contributed by atoms with Crippen LogP contribution in [0.2, 0.25) is 0 Å². The van der Waals surface area contributed by atoms with Crippen LogP contribution in [0.4, 0.5) is 8.78 Å². The van der Waals surface area contributed by atoms with Crippen LogP contribution in [0.3, 0.4) is 0 Å². The van der Waals surface area contributed by atoms with Crippen LogP contribution < -0.4 is 10.6 Å². The fourth-order valence-electron chi connectivity index (χ4n) is 5.57. The molecular weight excluding hydrogens is 380 g/mol. The van der Waals surface area contributed by atoms with Crippen molar-refractivity contribution in [2.45, 2.75) is 68.7 Å². The largest absolute Gasteiger partial charge is 0.330 e. The van der Waals surface area contributed by atoms with E-state index >= 15 is 0 Å². The van der Waals surface area contributed by atoms with Gasteiger partial charge in [-0.15, -0.1) is 0 Å². The van der Waals surface area contributed by atoms with Crippen molar-refractivity contribution in [1.82, 2.24) is 15.5 Å². The van der Waals surface area contributed by atoms with E-state index in [1.807, 2.05) is 0 Å². The zero-order valence-electron chi connectivity index (χ0n) is 15.9. The molecule has 1 aromatic rings. The van der Waals surface area contributed by atoms with E-state index in [1.165, 1.54) is 6.07 Å². The van der Waals surface area contributed by atoms with Crippen molar-refractivity contribution in [3.05, 3.63) is 34.4 Å². The highest BCUT2D eigenvalue weighted by Gasteiger charge is 2.43. The fourth-order valence-corrected chi connectivity index (χ4v) is 5.57. The second kappa shape index (κ2) is 6.95. The molecule has 6 rings (SSSR count). The van der Waals surface area contributed by atoms with E-state index in [9.17, 15) is 23.2 Å². The Balaban J connectivity index is 1.40. The summed E-state index contributed by atoms with van der Waals surface area (Å²) in [5.41, 5.74) is 1.26. The monoisotopic (exact) mass is 403 g/mol.